The lowest BCUT2D eigenvalue weighted by Gasteiger charge is -2.28. The third-order valence-electron chi connectivity index (χ3n) is 11.5. The summed E-state index contributed by atoms with van der Waals surface area (Å²) >= 11 is 0. The molecule has 266 valence electrons. The predicted octanol–water partition coefficient (Wildman–Crippen LogP) is 14.5. The molecule has 0 aliphatic heterocycles. The summed E-state index contributed by atoms with van der Waals surface area (Å²) in [5, 5.41) is 2.01. The van der Waals surface area contributed by atoms with Crippen LogP contribution in [0, 0.1) is 0 Å². The Hall–Kier alpha value is -7.17. The summed E-state index contributed by atoms with van der Waals surface area (Å²) in [6.07, 6.45) is 0. The van der Waals surface area contributed by atoms with Gasteiger partial charge < -0.3 is 13.7 Å². The molecule has 0 N–H and O–H groups in total. The van der Waals surface area contributed by atoms with E-state index in [1.54, 1.807) is 0 Å². The monoisotopic (exact) mass is 720 g/mol. The zero-order chi connectivity index (χ0) is 37.4. The smallest absolute Gasteiger partial charge is 0.228 e. The Balaban J connectivity index is 1.05. The van der Waals surface area contributed by atoms with Crippen LogP contribution in [0.1, 0.15) is 25.0 Å². The number of para-hydroxylation sites is 2. The Labute approximate surface area is 324 Å². The Morgan fingerprint density at radius 1 is 0.429 bits per heavy atom. The van der Waals surface area contributed by atoms with Crippen LogP contribution in [-0.2, 0) is 5.41 Å². The maximum Gasteiger partial charge on any atom is 0.228 e. The summed E-state index contributed by atoms with van der Waals surface area (Å²) < 4.78 is 12.9. The van der Waals surface area contributed by atoms with Crippen LogP contribution in [0.25, 0.3) is 77.9 Å². The van der Waals surface area contributed by atoms with Crippen LogP contribution < -0.4 is 4.90 Å². The minimum atomic E-state index is -0.134. The molecule has 1 aliphatic carbocycles. The van der Waals surface area contributed by atoms with Crippen molar-refractivity contribution in [3.63, 3.8) is 0 Å². The van der Waals surface area contributed by atoms with Gasteiger partial charge in [0.25, 0.3) is 0 Å². The maximum atomic E-state index is 6.63. The van der Waals surface area contributed by atoms with Crippen molar-refractivity contribution in [1.82, 2.24) is 4.98 Å². The molecule has 0 radical (unpaired) electrons. The SMILES string of the molecule is CC1(C)c2ccccc2-c2ccc(N(c3ccc(-c4cccc(-c5ccccc5)c4)cc3)c3ccc4c(c3)oc3cccc(-c5nc6ccccc6o5)c34)cc21. The number of furan rings is 1. The van der Waals surface area contributed by atoms with Gasteiger partial charge in [-0.25, -0.2) is 4.98 Å². The van der Waals surface area contributed by atoms with E-state index in [0.29, 0.717) is 5.89 Å². The van der Waals surface area contributed by atoms with E-state index in [1.165, 1.54) is 38.9 Å². The number of hydrogen-bond acceptors (Lipinski definition) is 4. The van der Waals surface area contributed by atoms with E-state index in [9.17, 15) is 0 Å². The first-order valence-corrected chi connectivity index (χ1v) is 19.1. The molecule has 11 rings (SSSR count). The molecule has 10 aromatic rings. The predicted molar refractivity (Wildman–Crippen MR) is 230 cm³/mol. The van der Waals surface area contributed by atoms with Crippen molar-refractivity contribution >= 4 is 50.1 Å². The molecular formula is C52H36N2O2. The van der Waals surface area contributed by atoms with Crippen LogP contribution in [0.5, 0.6) is 0 Å². The molecule has 56 heavy (non-hydrogen) atoms. The fourth-order valence-electron chi connectivity index (χ4n) is 8.71. The van der Waals surface area contributed by atoms with E-state index in [0.717, 1.165) is 61.2 Å². The average Bonchev–Trinajstić information content (AvgIpc) is 3.92. The van der Waals surface area contributed by atoms with E-state index in [2.05, 4.69) is 164 Å². The molecule has 0 bridgehead atoms. The molecule has 0 spiro atoms. The van der Waals surface area contributed by atoms with Gasteiger partial charge in [0.1, 0.15) is 16.7 Å². The van der Waals surface area contributed by atoms with Crippen LogP contribution in [0.2, 0.25) is 0 Å². The van der Waals surface area contributed by atoms with E-state index in [4.69, 9.17) is 13.8 Å². The van der Waals surface area contributed by atoms with E-state index < -0.39 is 0 Å². The van der Waals surface area contributed by atoms with Gasteiger partial charge in [0, 0.05) is 44.9 Å². The van der Waals surface area contributed by atoms with Gasteiger partial charge in [-0.15, -0.1) is 0 Å². The van der Waals surface area contributed by atoms with Crippen LogP contribution >= 0.6 is 0 Å². The van der Waals surface area contributed by atoms with Crippen molar-refractivity contribution in [1.29, 1.82) is 0 Å². The number of anilines is 3. The largest absolute Gasteiger partial charge is 0.456 e. The molecule has 4 heteroatoms. The maximum absolute atomic E-state index is 6.63. The first kappa shape index (κ1) is 32.3. The van der Waals surface area contributed by atoms with Gasteiger partial charge in [0.15, 0.2) is 5.58 Å². The molecule has 0 saturated carbocycles. The fourth-order valence-corrected chi connectivity index (χ4v) is 8.71. The molecule has 4 nitrogen and oxygen atoms in total. The highest BCUT2D eigenvalue weighted by Gasteiger charge is 2.35. The van der Waals surface area contributed by atoms with Crippen molar-refractivity contribution < 1.29 is 8.83 Å². The quantitative estimate of drug-likeness (QED) is 0.171. The number of fused-ring (bicyclic) bond motifs is 7. The summed E-state index contributed by atoms with van der Waals surface area (Å²) in [6.45, 7) is 4.66. The lowest BCUT2D eigenvalue weighted by molar-refractivity contribution is 0.620. The van der Waals surface area contributed by atoms with Crippen molar-refractivity contribution in [2.45, 2.75) is 19.3 Å². The van der Waals surface area contributed by atoms with Crippen molar-refractivity contribution in [2.75, 3.05) is 4.90 Å². The van der Waals surface area contributed by atoms with Gasteiger partial charge >= 0.3 is 0 Å². The average molecular weight is 721 g/mol. The van der Waals surface area contributed by atoms with Crippen molar-refractivity contribution in [3.8, 4) is 44.8 Å². The van der Waals surface area contributed by atoms with Crippen LogP contribution in [0.4, 0.5) is 17.1 Å². The Morgan fingerprint density at radius 2 is 1.05 bits per heavy atom. The highest BCUT2D eigenvalue weighted by molar-refractivity contribution is 6.12. The Bertz CT molecular complexity index is 3080. The number of benzene rings is 8. The zero-order valence-corrected chi connectivity index (χ0v) is 31.0. The van der Waals surface area contributed by atoms with Gasteiger partial charge in [-0.1, -0.05) is 123 Å². The number of hydrogen-bond donors (Lipinski definition) is 0. The number of nitrogens with zero attached hydrogens (tertiary/aromatic N) is 2. The highest BCUT2D eigenvalue weighted by Crippen LogP contribution is 2.51. The van der Waals surface area contributed by atoms with E-state index >= 15 is 0 Å². The second-order valence-corrected chi connectivity index (χ2v) is 15.2. The first-order valence-electron chi connectivity index (χ1n) is 19.1. The minimum absolute atomic E-state index is 0.134. The molecule has 0 saturated heterocycles. The normalized spacial score (nSPS) is 13.0. The van der Waals surface area contributed by atoms with Crippen LogP contribution in [0.15, 0.2) is 191 Å². The molecule has 0 fully saturated rings. The molecule has 2 aromatic heterocycles. The Kier molecular flexibility index (Phi) is 7.17. The fraction of sp³-hybridized carbons (Fsp3) is 0.0577. The van der Waals surface area contributed by atoms with E-state index in [-0.39, 0.29) is 5.41 Å². The standard InChI is InChI=1S/C52H36N2O2/c1-52(2)44-18-7-6-16-40(44)41-28-26-38(31-45(41)52)54(37-24-22-34(23-25-37)36-15-10-14-35(30-36)33-12-4-3-5-13-33)39-27-29-42-49(32-39)55-48-21-11-17-43(50(42)48)51-53-46-19-8-9-20-47(46)56-51/h3-32H,1-2H3. The molecule has 2 heterocycles. The second kappa shape index (κ2) is 12.4. The number of aromatic nitrogens is 1. The van der Waals surface area contributed by atoms with Crippen LogP contribution in [0.3, 0.4) is 0 Å². The van der Waals surface area contributed by atoms with Gasteiger partial charge in [0.2, 0.25) is 5.89 Å². The topological polar surface area (TPSA) is 42.4 Å². The number of oxazole rings is 1. The van der Waals surface area contributed by atoms with Gasteiger partial charge in [-0.05, 0) is 111 Å². The minimum Gasteiger partial charge on any atom is -0.456 e. The van der Waals surface area contributed by atoms with Crippen molar-refractivity contribution in [3.05, 3.63) is 193 Å². The van der Waals surface area contributed by atoms with Gasteiger partial charge in [-0.2, -0.15) is 0 Å². The summed E-state index contributed by atoms with van der Waals surface area (Å²) in [7, 11) is 0. The molecular weight excluding hydrogens is 685 g/mol. The highest BCUT2D eigenvalue weighted by atomic mass is 16.3. The second-order valence-electron chi connectivity index (χ2n) is 15.2. The molecule has 0 unspecified atom stereocenters. The van der Waals surface area contributed by atoms with Crippen LogP contribution in [-0.4, -0.2) is 4.98 Å². The van der Waals surface area contributed by atoms with Gasteiger partial charge in [-0.3, -0.25) is 0 Å². The molecule has 0 atom stereocenters. The van der Waals surface area contributed by atoms with Gasteiger partial charge in [0.05, 0.1) is 0 Å². The lowest BCUT2D eigenvalue weighted by atomic mass is 9.82. The Morgan fingerprint density at radius 3 is 1.89 bits per heavy atom. The van der Waals surface area contributed by atoms with Crippen molar-refractivity contribution in [2.24, 2.45) is 0 Å². The zero-order valence-electron chi connectivity index (χ0n) is 31.0. The third kappa shape index (κ3) is 5.10. The lowest BCUT2D eigenvalue weighted by Crippen LogP contribution is -2.16. The molecule has 1 aliphatic rings. The summed E-state index contributed by atoms with van der Waals surface area (Å²) in [5.74, 6) is 0.585. The third-order valence-corrected chi connectivity index (χ3v) is 11.5. The molecule has 0 amide bonds. The number of rotatable bonds is 6. The first-order chi connectivity index (χ1) is 27.5. The summed E-state index contributed by atoms with van der Waals surface area (Å²) in [5.41, 5.74) is 17.2. The summed E-state index contributed by atoms with van der Waals surface area (Å²) in [6, 6.07) is 64.4. The van der Waals surface area contributed by atoms with E-state index in [1.807, 2.05) is 36.4 Å². The molecule has 8 aromatic carbocycles. The summed E-state index contributed by atoms with van der Waals surface area (Å²) in [4.78, 5) is 7.18.